The monoisotopic (exact) mass is 284 g/mol. The lowest BCUT2D eigenvalue weighted by Gasteiger charge is -2.04. The first-order valence-corrected chi connectivity index (χ1v) is 6.87. The molecule has 0 aliphatic heterocycles. The Balaban J connectivity index is 2.07. The van der Waals surface area contributed by atoms with Gasteiger partial charge in [-0.05, 0) is 29.8 Å². The van der Waals surface area contributed by atoms with Crippen LogP contribution in [-0.4, -0.2) is 18.1 Å². The van der Waals surface area contributed by atoms with Gasteiger partial charge < -0.3 is 4.74 Å². The van der Waals surface area contributed by atoms with Crippen molar-refractivity contribution >= 4 is 17.7 Å². The van der Waals surface area contributed by atoms with Crippen LogP contribution in [0.15, 0.2) is 47.6 Å². The largest absolute Gasteiger partial charge is 0.465 e. The average molecular weight is 284 g/mol. The van der Waals surface area contributed by atoms with Gasteiger partial charge in [0, 0.05) is 11.9 Å². The molecular weight excluding hydrogens is 272 g/mol. The number of carbonyl (C=O) groups excluding carboxylic acids is 1. The number of thioether (sulfide) groups is 1. The molecule has 2 aromatic rings. The quantitative estimate of drug-likeness (QED) is 0.638. The van der Waals surface area contributed by atoms with E-state index < -0.39 is 0 Å². The van der Waals surface area contributed by atoms with Gasteiger partial charge in [-0.25, -0.2) is 9.78 Å². The van der Waals surface area contributed by atoms with Crippen LogP contribution in [0.5, 0.6) is 0 Å². The number of rotatable bonds is 4. The molecule has 2 rings (SSSR count). The third-order valence-electron chi connectivity index (χ3n) is 2.60. The normalized spacial score (nSPS) is 9.80. The predicted octanol–water partition coefficient (Wildman–Crippen LogP) is 3.03. The van der Waals surface area contributed by atoms with Crippen molar-refractivity contribution in [3.63, 3.8) is 0 Å². The van der Waals surface area contributed by atoms with Gasteiger partial charge in [0.15, 0.2) is 0 Å². The van der Waals surface area contributed by atoms with Crippen molar-refractivity contribution in [1.82, 2.24) is 4.98 Å². The lowest BCUT2D eigenvalue weighted by molar-refractivity contribution is 0.0600. The Bertz CT molecular complexity index is 665. The van der Waals surface area contributed by atoms with E-state index in [1.807, 2.05) is 12.1 Å². The average Bonchev–Trinajstić information content (AvgIpc) is 2.52. The van der Waals surface area contributed by atoms with Gasteiger partial charge in [-0.3, -0.25) is 0 Å². The van der Waals surface area contributed by atoms with Crippen molar-refractivity contribution in [2.24, 2.45) is 0 Å². The number of esters is 1. The smallest absolute Gasteiger partial charge is 0.337 e. The van der Waals surface area contributed by atoms with E-state index in [1.54, 1.807) is 30.5 Å². The number of hydrogen-bond donors (Lipinski definition) is 0. The maximum Gasteiger partial charge on any atom is 0.337 e. The number of pyridine rings is 1. The Kier molecular flexibility index (Phi) is 4.75. The van der Waals surface area contributed by atoms with Crippen LogP contribution in [0.1, 0.15) is 21.5 Å². The second-order valence-electron chi connectivity index (χ2n) is 3.98. The van der Waals surface area contributed by atoms with Crippen molar-refractivity contribution in [2.45, 2.75) is 10.8 Å². The summed E-state index contributed by atoms with van der Waals surface area (Å²) in [7, 11) is 1.36. The zero-order valence-electron chi connectivity index (χ0n) is 10.9. The van der Waals surface area contributed by atoms with Gasteiger partial charge in [0.05, 0.1) is 29.3 Å². The lowest BCUT2D eigenvalue weighted by Crippen LogP contribution is -2.01. The summed E-state index contributed by atoms with van der Waals surface area (Å²) in [6, 6.07) is 12.8. The number of ether oxygens (including phenoxy) is 1. The van der Waals surface area contributed by atoms with E-state index in [2.05, 4.69) is 11.1 Å². The highest BCUT2D eigenvalue weighted by Gasteiger charge is 2.06. The highest BCUT2D eigenvalue weighted by Crippen LogP contribution is 2.22. The minimum atomic E-state index is -0.346. The summed E-state index contributed by atoms with van der Waals surface area (Å²) in [5, 5.41) is 9.62. The molecule has 0 atom stereocenters. The molecule has 20 heavy (non-hydrogen) atoms. The molecule has 1 aromatic carbocycles. The lowest BCUT2D eigenvalue weighted by atomic mass is 10.1. The van der Waals surface area contributed by atoms with Crippen LogP contribution < -0.4 is 0 Å². The summed E-state index contributed by atoms with van der Waals surface area (Å²) in [6.07, 6.45) is 1.62. The number of nitriles is 1. The van der Waals surface area contributed by atoms with E-state index in [0.29, 0.717) is 16.9 Å². The molecule has 1 aromatic heterocycles. The Hall–Kier alpha value is -2.32. The summed E-state index contributed by atoms with van der Waals surface area (Å²) >= 11 is 1.52. The van der Waals surface area contributed by atoms with E-state index in [4.69, 9.17) is 10.00 Å². The van der Waals surface area contributed by atoms with Crippen LogP contribution in [-0.2, 0) is 10.5 Å². The van der Waals surface area contributed by atoms with E-state index in [1.165, 1.54) is 18.9 Å². The van der Waals surface area contributed by atoms with Crippen molar-refractivity contribution < 1.29 is 9.53 Å². The SMILES string of the molecule is COC(=O)c1cccc(CSc2cc(C#N)ccn2)c1. The molecule has 0 bridgehead atoms. The van der Waals surface area contributed by atoms with Gasteiger partial charge in [0.25, 0.3) is 0 Å². The fourth-order valence-corrected chi connectivity index (χ4v) is 2.46. The molecule has 0 amide bonds. The van der Waals surface area contributed by atoms with Crippen molar-refractivity contribution in [3.8, 4) is 6.07 Å². The molecule has 0 fully saturated rings. The standard InChI is InChI=1S/C15H12N2O2S/c1-19-15(18)13-4-2-3-12(7-13)10-20-14-8-11(9-16)5-6-17-14/h2-8H,10H2,1H3. The highest BCUT2D eigenvalue weighted by molar-refractivity contribution is 7.98. The molecule has 5 heteroatoms. The van der Waals surface area contributed by atoms with E-state index in [9.17, 15) is 4.79 Å². The van der Waals surface area contributed by atoms with Gasteiger partial charge in [-0.15, -0.1) is 11.8 Å². The summed E-state index contributed by atoms with van der Waals surface area (Å²) in [4.78, 5) is 15.6. The Morgan fingerprint density at radius 3 is 3.00 bits per heavy atom. The van der Waals surface area contributed by atoms with Crippen LogP contribution in [0, 0.1) is 11.3 Å². The third kappa shape index (κ3) is 3.59. The zero-order chi connectivity index (χ0) is 14.4. The topological polar surface area (TPSA) is 63.0 Å². The molecule has 4 nitrogen and oxygen atoms in total. The highest BCUT2D eigenvalue weighted by atomic mass is 32.2. The van der Waals surface area contributed by atoms with Gasteiger partial charge in [-0.1, -0.05) is 12.1 Å². The fourth-order valence-electron chi connectivity index (χ4n) is 1.62. The summed E-state index contributed by atoms with van der Waals surface area (Å²) in [5.74, 6) is 0.327. The molecule has 0 spiro atoms. The molecule has 1 heterocycles. The van der Waals surface area contributed by atoms with Crippen LogP contribution in [0.2, 0.25) is 0 Å². The number of aromatic nitrogens is 1. The Labute approximate surface area is 121 Å². The minimum Gasteiger partial charge on any atom is -0.465 e. The Morgan fingerprint density at radius 2 is 2.25 bits per heavy atom. The van der Waals surface area contributed by atoms with Crippen LogP contribution >= 0.6 is 11.8 Å². The van der Waals surface area contributed by atoms with Crippen molar-refractivity contribution in [2.75, 3.05) is 7.11 Å². The first-order chi connectivity index (χ1) is 9.72. The van der Waals surface area contributed by atoms with Crippen LogP contribution in [0.4, 0.5) is 0 Å². The van der Waals surface area contributed by atoms with Gasteiger partial charge in [0.2, 0.25) is 0 Å². The second-order valence-corrected chi connectivity index (χ2v) is 4.97. The molecule has 0 saturated carbocycles. The molecule has 0 saturated heterocycles. The van der Waals surface area contributed by atoms with Gasteiger partial charge in [-0.2, -0.15) is 5.26 Å². The van der Waals surface area contributed by atoms with E-state index in [0.717, 1.165) is 10.6 Å². The van der Waals surface area contributed by atoms with Crippen LogP contribution in [0.25, 0.3) is 0 Å². The maximum absolute atomic E-state index is 11.4. The summed E-state index contributed by atoms with van der Waals surface area (Å²) < 4.78 is 4.69. The number of benzene rings is 1. The molecule has 0 unspecified atom stereocenters. The third-order valence-corrected chi connectivity index (χ3v) is 3.60. The zero-order valence-corrected chi connectivity index (χ0v) is 11.7. The van der Waals surface area contributed by atoms with Crippen molar-refractivity contribution in [3.05, 3.63) is 59.3 Å². The number of methoxy groups -OCH3 is 1. The molecule has 0 radical (unpaired) electrons. The first kappa shape index (κ1) is 14.1. The molecular formula is C15H12N2O2S. The minimum absolute atomic E-state index is 0.346. The van der Waals surface area contributed by atoms with Crippen molar-refractivity contribution in [1.29, 1.82) is 5.26 Å². The summed E-state index contributed by atoms with van der Waals surface area (Å²) in [5.41, 5.74) is 2.12. The van der Waals surface area contributed by atoms with Gasteiger partial charge in [0.1, 0.15) is 0 Å². The molecule has 0 aliphatic rings. The number of carbonyl (C=O) groups is 1. The van der Waals surface area contributed by atoms with E-state index >= 15 is 0 Å². The predicted molar refractivity (Wildman–Crippen MR) is 76.3 cm³/mol. The first-order valence-electron chi connectivity index (χ1n) is 5.89. The molecule has 100 valence electrons. The second kappa shape index (κ2) is 6.73. The molecule has 0 N–H and O–H groups in total. The number of hydrogen-bond acceptors (Lipinski definition) is 5. The number of nitrogens with zero attached hydrogens (tertiary/aromatic N) is 2. The Morgan fingerprint density at radius 1 is 1.40 bits per heavy atom. The van der Waals surface area contributed by atoms with E-state index in [-0.39, 0.29) is 5.97 Å². The summed E-state index contributed by atoms with van der Waals surface area (Å²) in [6.45, 7) is 0. The maximum atomic E-state index is 11.4. The molecule has 0 aliphatic carbocycles. The van der Waals surface area contributed by atoms with Gasteiger partial charge >= 0.3 is 5.97 Å². The van der Waals surface area contributed by atoms with Crippen LogP contribution in [0.3, 0.4) is 0 Å². The fraction of sp³-hybridized carbons (Fsp3) is 0.133.